The molecule has 0 saturated heterocycles. The fourth-order valence-corrected chi connectivity index (χ4v) is 0. The zero-order valence-corrected chi connectivity index (χ0v) is 3.18. The smallest absolute Gasteiger partial charge is 0.0785 e. The second-order valence-corrected chi connectivity index (χ2v) is 0. The van der Waals surface area contributed by atoms with Crippen molar-refractivity contribution in [3.05, 3.63) is 0 Å². The summed E-state index contributed by atoms with van der Waals surface area (Å²) in [5.41, 5.74) is 0. The molecule has 0 spiro atoms. The number of rotatable bonds is 0. The van der Waals surface area contributed by atoms with E-state index in [1.165, 1.54) is 0 Å². The van der Waals surface area contributed by atoms with Gasteiger partial charge in [0.05, 0.1) is 7.18 Å². The molecule has 0 aliphatic carbocycles. The van der Waals surface area contributed by atoms with Gasteiger partial charge in [0.15, 0.2) is 0 Å². The van der Waals surface area contributed by atoms with Gasteiger partial charge in [0.25, 0.3) is 0 Å². The van der Waals surface area contributed by atoms with Gasteiger partial charge in [0, 0.05) is 8.41 Å². The SMILES string of the molecule is CF.F.F.F.[B]. The molecular weight excluding hydrogens is 98.8 g/mol. The quantitative estimate of drug-likeness (QED) is 0.313. The van der Waals surface area contributed by atoms with Crippen molar-refractivity contribution in [1.82, 2.24) is 0 Å². The second kappa shape index (κ2) is 1480. The van der Waals surface area contributed by atoms with Crippen molar-refractivity contribution >= 4 is 8.41 Å². The molecule has 0 fully saturated rings. The summed E-state index contributed by atoms with van der Waals surface area (Å²) in [6.07, 6.45) is 0. The minimum absolute atomic E-state index is 0. The van der Waals surface area contributed by atoms with Crippen LogP contribution in [0, 0.1) is 0 Å². The van der Waals surface area contributed by atoms with Crippen molar-refractivity contribution in [2.75, 3.05) is 7.18 Å². The maximum absolute atomic E-state index is 9.50. The van der Waals surface area contributed by atoms with Crippen molar-refractivity contribution in [3.8, 4) is 0 Å². The fourth-order valence-electron chi connectivity index (χ4n) is 0. The minimum atomic E-state index is 0. The average molecular weight is 105 g/mol. The Balaban J connectivity index is -0.000000000833. The molecule has 0 aromatic heterocycles. The Bertz CT molecular complexity index is 7.51. The molecule has 3 radical (unpaired) electrons. The predicted molar refractivity (Wildman–Crippen MR) is 20.3 cm³/mol. The molecule has 0 atom stereocenters. The molecular formula is CH6BF4. The molecule has 0 aromatic rings. The van der Waals surface area contributed by atoms with Gasteiger partial charge in [-0.3, -0.25) is 18.5 Å². The van der Waals surface area contributed by atoms with Gasteiger partial charge in [-0.05, 0) is 0 Å². The summed E-state index contributed by atoms with van der Waals surface area (Å²) in [7, 11) is 0.500. The van der Waals surface area contributed by atoms with Crippen LogP contribution in [0.15, 0.2) is 0 Å². The van der Waals surface area contributed by atoms with E-state index in [0.29, 0.717) is 7.18 Å². The van der Waals surface area contributed by atoms with E-state index in [1.807, 2.05) is 0 Å². The fraction of sp³-hybridized carbons (Fsp3) is 1.00. The van der Waals surface area contributed by atoms with Crippen LogP contribution in [0.25, 0.3) is 0 Å². The molecule has 0 unspecified atom stereocenters. The molecule has 6 heavy (non-hydrogen) atoms. The third kappa shape index (κ3) is 635. The zero-order valence-electron chi connectivity index (χ0n) is 3.18. The highest BCUT2D eigenvalue weighted by Crippen LogP contribution is 1.16. The first-order chi connectivity index (χ1) is 1.00. The molecule has 41 valence electrons. The third-order valence-electron chi connectivity index (χ3n) is 0. The number of hydrogen-bond donors (Lipinski definition) is 0. The summed E-state index contributed by atoms with van der Waals surface area (Å²) in [4.78, 5) is 0. The first kappa shape index (κ1) is 215. The molecule has 0 N–H and O–H groups in total. The van der Waals surface area contributed by atoms with Crippen LogP contribution in [0.3, 0.4) is 0 Å². The average Bonchev–Trinajstić information content (AvgIpc) is 1.00. The molecule has 5 heteroatoms. The summed E-state index contributed by atoms with van der Waals surface area (Å²) < 4.78 is 9.50. The van der Waals surface area contributed by atoms with Crippen LogP contribution in [0.2, 0.25) is 0 Å². The molecule has 0 saturated carbocycles. The van der Waals surface area contributed by atoms with Gasteiger partial charge in [-0.25, -0.2) is 0 Å². The first-order valence-electron chi connectivity index (χ1n) is 0.378. The number of halogens is 4. The highest BCUT2D eigenvalue weighted by molar-refractivity contribution is 5.75. The highest BCUT2D eigenvalue weighted by atomic mass is 19.1. The van der Waals surface area contributed by atoms with Gasteiger partial charge in [0.2, 0.25) is 0 Å². The molecule has 0 aliphatic rings. The summed E-state index contributed by atoms with van der Waals surface area (Å²) in [6.45, 7) is 0. The van der Waals surface area contributed by atoms with Gasteiger partial charge >= 0.3 is 0 Å². The van der Waals surface area contributed by atoms with E-state index in [0.717, 1.165) is 0 Å². The molecule has 0 aliphatic heterocycles. The van der Waals surface area contributed by atoms with E-state index >= 15 is 0 Å². The van der Waals surface area contributed by atoms with Crippen molar-refractivity contribution in [2.45, 2.75) is 0 Å². The van der Waals surface area contributed by atoms with Crippen LogP contribution in [0.1, 0.15) is 0 Å². The first-order valence-corrected chi connectivity index (χ1v) is 0.378. The lowest BCUT2D eigenvalue weighted by atomic mass is 10.8. The minimum Gasteiger partial charge on any atom is -0.269 e. The van der Waals surface area contributed by atoms with E-state index in [4.69, 9.17) is 0 Å². The number of hydrogen-bond acceptors (Lipinski definition) is 0. The lowest BCUT2D eigenvalue weighted by Crippen LogP contribution is -0.939. The van der Waals surface area contributed by atoms with Crippen molar-refractivity contribution in [1.29, 1.82) is 0 Å². The van der Waals surface area contributed by atoms with Crippen LogP contribution in [0.5, 0.6) is 0 Å². The van der Waals surface area contributed by atoms with Gasteiger partial charge in [-0.2, -0.15) is 0 Å². The van der Waals surface area contributed by atoms with Crippen LogP contribution in [0.4, 0.5) is 18.5 Å². The maximum Gasteiger partial charge on any atom is 0.0785 e. The molecule has 0 nitrogen and oxygen atoms in total. The van der Waals surface area contributed by atoms with E-state index in [9.17, 15) is 4.39 Å². The summed E-state index contributed by atoms with van der Waals surface area (Å²) in [5, 5.41) is 0. The van der Waals surface area contributed by atoms with Crippen LogP contribution >= 0.6 is 0 Å². The van der Waals surface area contributed by atoms with Crippen LogP contribution < -0.4 is 0 Å². The van der Waals surface area contributed by atoms with Gasteiger partial charge in [0.1, 0.15) is 0 Å². The Morgan fingerprint density at radius 2 is 0.833 bits per heavy atom. The zero-order chi connectivity index (χ0) is 2.00. The van der Waals surface area contributed by atoms with Crippen LogP contribution in [-0.4, -0.2) is 15.6 Å². The number of alkyl halides is 1. The van der Waals surface area contributed by atoms with E-state index in [1.54, 1.807) is 0 Å². The van der Waals surface area contributed by atoms with Gasteiger partial charge < -0.3 is 0 Å². The van der Waals surface area contributed by atoms with E-state index in [-0.39, 0.29) is 22.5 Å². The lowest BCUT2D eigenvalue weighted by Gasteiger charge is -1.10. The monoisotopic (exact) mass is 105 g/mol. The van der Waals surface area contributed by atoms with Crippen LogP contribution in [-0.2, 0) is 0 Å². The lowest BCUT2D eigenvalue weighted by molar-refractivity contribution is 0.636. The summed E-state index contributed by atoms with van der Waals surface area (Å²) in [5.74, 6) is 0. The molecule has 0 amide bonds. The van der Waals surface area contributed by atoms with E-state index in [2.05, 4.69) is 0 Å². The molecule has 0 heterocycles. The molecule has 0 rings (SSSR count). The summed E-state index contributed by atoms with van der Waals surface area (Å²) in [6, 6.07) is 0. The van der Waals surface area contributed by atoms with Crippen molar-refractivity contribution in [2.24, 2.45) is 0 Å². The predicted octanol–water partition coefficient (Wildman–Crippen LogP) is 0.662. The molecule has 0 aromatic carbocycles. The Kier molecular flexibility index (Phi) is 53100. The topological polar surface area (TPSA) is 0 Å². The second-order valence-electron chi connectivity index (χ2n) is 0. The largest absolute Gasteiger partial charge is 0.269 e. The Morgan fingerprint density at radius 1 is 0.833 bits per heavy atom. The highest BCUT2D eigenvalue weighted by Gasteiger charge is 0.926. The van der Waals surface area contributed by atoms with Crippen molar-refractivity contribution < 1.29 is 18.5 Å². The third-order valence-corrected chi connectivity index (χ3v) is 0. The Labute approximate surface area is 35.4 Å². The Morgan fingerprint density at radius 3 is 0.833 bits per heavy atom. The standard InChI is InChI=1S/CH3F.B.3FH/c1-2;;;;/h1H3;;3*1H. The summed E-state index contributed by atoms with van der Waals surface area (Å²) >= 11 is 0. The maximum atomic E-state index is 9.50. The molecule has 0 bridgehead atoms. The van der Waals surface area contributed by atoms with Gasteiger partial charge in [-0.15, -0.1) is 0 Å². The Hall–Kier alpha value is -0.215. The van der Waals surface area contributed by atoms with Crippen molar-refractivity contribution in [3.63, 3.8) is 0 Å². The van der Waals surface area contributed by atoms with Gasteiger partial charge in [-0.1, -0.05) is 0 Å². The van der Waals surface area contributed by atoms with E-state index < -0.39 is 0 Å². The normalized spacial score (nSPS) is 1.00.